The molecule has 0 fully saturated rings. The highest BCUT2D eigenvalue weighted by Gasteiger charge is 2.17. The van der Waals surface area contributed by atoms with Crippen molar-refractivity contribution < 1.29 is 9.47 Å². The molecular formula is C13H17BrIN3O2. The number of ether oxygens (including phenoxy) is 2. The Labute approximate surface area is 144 Å². The van der Waals surface area contributed by atoms with Crippen LogP contribution >= 0.6 is 39.9 Å². The molecule has 1 aliphatic rings. The van der Waals surface area contributed by atoms with Crippen LogP contribution in [0.3, 0.4) is 0 Å². The Hall–Kier alpha value is -0.960. The lowest BCUT2D eigenvalue weighted by molar-refractivity contribution is 0.173. The summed E-state index contributed by atoms with van der Waals surface area (Å²) in [5.41, 5.74) is 1.08. The van der Waals surface area contributed by atoms with Gasteiger partial charge in [0.25, 0.3) is 0 Å². The fraction of sp³-hybridized carbons (Fsp3) is 0.308. The summed E-state index contributed by atoms with van der Waals surface area (Å²) in [6.07, 6.45) is 1.78. The monoisotopic (exact) mass is 453 g/mol. The van der Waals surface area contributed by atoms with E-state index in [1.807, 2.05) is 12.1 Å². The van der Waals surface area contributed by atoms with E-state index in [0.29, 0.717) is 13.1 Å². The molecule has 0 bridgehead atoms. The zero-order chi connectivity index (χ0) is 13.7. The molecule has 7 heteroatoms. The van der Waals surface area contributed by atoms with Crippen LogP contribution in [0.2, 0.25) is 0 Å². The van der Waals surface area contributed by atoms with Gasteiger partial charge in [-0.25, -0.2) is 0 Å². The van der Waals surface area contributed by atoms with Crippen molar-refractivity contribution >= 4 is 45.9 Å². The first-order valence-electron chi connectivity index (χ1n) is 5.88. The van der Waals surface area contributed by atoms with E-state index in [9.17, 15) is 0 Å². The number of nitrogens with zero attached hydrogens (tertiary/aromatic N) is 1. The van der Waals surface area contributed by atoms with Crippen molar-refractivity contribution in [2.75, 3.05) is 20.4 Å². The molecule has 0 saturated carbocycles. The summed E-state index contributed by atoms with van der Waals surface area (Å²) in [4.78, 5) is 4.11. The maximum atomic E-state index is 5.38. The fourth-order valence-corrected chi connectivity index (χ4v) is 2.30. The van der Waals surface area contributed by atoms with Gasteiger partial charge in [-0.2, -0.15) is 0 Å². The zero-order valence-electron chi connectivity index (χ0n) is 11.1. The topological polar surface area (TPSA) is 54.9 Å². The van der Waals surface area contributed by atoms with Crippen LogP contribution in [0.15, 0.2) is 34.3 Å². The van der Waals surface area contributed by atoms with Gasteiger partial charge in [0, 0.05) is 20.1 Å². The molecule has 0 radical (unpaired) electrons. The molecular weight excluding hydrogens is 437 g/mol. The molecule has 5 nitrogen and oxygen atoms in total. The number of fused-ring (bicyclic) bond motifs is 1. The largest absolute Gasteiger partial charge is 0.454 e. The predicted molar refractivity (Wildman–Crippen MR) is 94.1 cm³/mol. The third-order valence-electron chi connectivity index (χ3n) is 2.58. The van der Waals surface area contributed by atoms with Crippen molar-refractivity contribution in [1.29, 1.82) is 0 Å². The smallest absolute Gasteiger partial charge is 0.231 e. The summed E-state index contributed by atoms with van der Waals surface area (Å²) >= 11 is 3.47. The average molecular weight is 454 g/mol. The highest BCUT2D eigenvalue weighted by Crippen LogP contribution is 2.39. The fourth-order valence-electron chi connectivity index (χ4n) is 1.70. The van der Waals surface area contributed by atoms with Crippen molar-refractivity contribution in [2.24, 2.45) is 4.99 Å². The van der Waals surface area contributed by atoms with Crippen LogP contribution in [0.25, 0.3) is 0 Å². The van der Waals surface area contributed by atoms with E-state index in [0.717, 1.165) is 27.5 Å². The number of hydrogen-bond acceptors (Lipinski definition) is 3. The number of rotatable bonds is 4. The molecule has 110 valence electrons. The van der Waals surface area contributed by atoms with Gasteiger partial charge in [-0.15, -0.1) is 30.6 Å². The first-order chi connectivity index (χ1) is 9.24. The third kappa shape index (κ3) is 4.27. The lowest BCUT2D eigenvalue weighted by atomic mass is 10.2. The summed E-state index contributed by atoms with van der Waals surface area (Å²) in [6, 6.07) is 3.96. The quantitative estimate of drug-likeness (QED) is 0.318. The van der Waals surface area contributed by atoms with Gasteiger partial charge in [0.1, 0.15) is 0 Å². The minimum atomic E-state index is 0. The standard InChI is InChI=1S/C13H16BrN3O2.HI/c1-3-4-16-13(15-2)17-7-9-5-10(14)12-11(6-9)18-8-19-12;/h3,5-6H,1,4,7-8H2,2H3,(H2,15,16,17);1H. The van der Waals surface area contributed by atoms with Crippen LogP contribution in [0.5, 0.6) is 11.5 Å². The lowest BCUT2D eigenvalue weighted by Gasteiger charge is -2.11. The van der Waals surface area contributed by atoms with Crippen molar-refractivity contribution in [3.05, 3.63) is 34.8 Å². The van der Waals surface area contributed by atoms with Gasteiger partial charge in [0.2, 0.25) is 6.79 Å². The first-order valence-corrected chi connectivity index (χ1v) is 6.67. The first kappa shape index (κ1) is 17.1. The van der Waals surface area contributed by atoms with Crippen LogP contribution < -0.4 is 20.1 Å². The van der Waals surface area contributed by atoms with E-state index in [1.54, 1.807) is 13.1 Å². The Bertz CT molecular complexity index is 509. The van der Waals surface area contributed by atoms with Crippen molar-refractivity contribution in [2.45, 2.75) is 6.54 Å². The molecule has 1 aliphatic heterocycles. The Balaban J connectivity index is 0.00000200. The molecule has 1 aromatic carbocycles. The zero-order valence-corrected chi connectivity index (χ0v) is 15.0. The van der Waals surface area contributed by atoms with E-state index in [1.165, 1.54) is 0 Å². The van der Waals surface area contributed by atoms with Crippen LogP contribution in [0, 0.1) is 0 Å². The van der Waals surface area contributed by atoms with Gasteiger partial charge < -0.3 is 20.1 Å². The molecule has 0 unspecified atom stereocenters. The molecule has 0 amide bonds. The van der Waals surface area contributed by atoms with E-state index < -0.39 is 0 Å². The maximum Gasteiger partial charge on any atom is 0.231 e. The molecule has 0 saturated heterocycles. The number of aliphatic imine (C=N–C) groups is 1. The van der Waals surface area contributed by atoms with Crippen LogP contribution in [-0.2, 0) is 6.54 Å². The molecule has 2 N–H and O–H groups in total. The average Bonchev–Trinajstić information content (AvgIpc) is 2.88. The van der Waals surface area contributed by atoms with E-state index in [2.05, 4.69) is 38.1 Å². The van der Waals surface area contributed by atoms with Crippen molar-refractivity contribution in [3.63, 3.8) is 0 Å². The minimum Gasteiger partial charge on any atom is -0.454 e. The Morgan fingerprint density at radius 1 is 1.45 bits per heavy atom. The normalized spacial score (nSPS) is 12.6. The molecule has 1 heterocycles. The number of halogens is 2. The van der Waals surface area contributed by atoms with Gasteiger partial charge in [-0.3, -0.25) is 4.99 Å². The highest BCUT2D eigenvalue weighted by atomic mass is 127. The van der Waals surface area contributed by atoms with Gasteiger partial charge in [0.05, 0.1) is 4.47 Å². The molecule has 0 aliphatic carbocycles. The summed E-state index contributed by atoms with van der Waals surface area (Å²) < 4.78 is 11.6. The highest BCUT2D eigenvalue weighted by molar-refractivity contribution is 14.0. The van der Waals surface area contributed by atoms with Gasteiger partial charge in [-0.1, -0.05) is 6.08 Å². The predicted octanol–water partition coefficient (Wildman–Crippen LogP) is 2.65. The van der Waals surface area contributed by atoms with Gasteiger partial charge in [-0.05, 0) is 33.6 Å². The molecule has 20 heavy (non-hydrogen) atoms. The SMILES string of the molecule is C=CCNC(=NC)NCc1cc(Br)c2c(c1)OCO2.I. The maximum absolute atomic E-state index is 5.38. The molecule has 0 spiro atoms. The van der Waals surface area contributed by atoms with Crippen LogP contribution in [-0.4, -0.2) is 26.3 Å². The summed E-state index contributed by atoms with van der Waals surface area (Å²) in [5.74, 6) is 2.26. The van der Waals surface area contributed by atoms with E-state index >= 15 is 0 Å². The molecule has 0 atom stereocenters. The second-order valence-corrected chi connectivity index (χ2v) is 4.76. The summed E-state index contributed by atoms with van der Waals surface area (Å²) in [5, 5.41) is 6.32. The Kier molecular flexibility index (Phi) is 7.14. The Morgan fingerprint density at radius 2 is 2.25 bits per heavy atom. The lowest BCUT2D eigenvalue weighted by Crippen LogP contribution is -2.36. The number of nitrogens with one attached hydrogen (secondary N) is 2. The number of benzene rings is 1. The van der Waals surface area contributed by atoms with Crippen molar-refractivity contribution in [1.82, 2.24) is 10.6 Å². The van der Waals surface area contributed by atoms with Gasteiger partial charge >= 0.3 is 0 Å². The van der Waals surface area contributed by atoms with Crippen molar-refractivity contribution in [3.8, 4) is 11.5 Å². The second kappa shape index (κ2) is 8.35. The number of hydrogen-bond donors (Lipinski definition) is 2. The van der Waals surface area contributed by atoms with Crippen LogP contribution in [0.1, 0.15) is 5.56 Å². The summed E-state index contributed by atoms with van der Waals surface area (Å²) in [7, 11) is 1.73. The third-order valence-corrected chi connectivity index (χ3v) is 3.17. The molecule has 2 rings (SSSR count). The minimum absolute atomic E-state index is 0. The second-order valence-electron chi connectivity index (χ2n) is 3.91. The van der Waals surface area contributed by atoms with Gasteiger partial charge in [0.15, 0.2) is 17.5 Å². The molecule has 0 aromatic heterocycles. The summed E-state index contributed by atoms with van der Waals surface area (Å²) in [6.45, 7) is 5.24. The number of guanidine groups is 1. The van der Waals surface area contributed by atoms with E-state index in [-0.39, 0.29) is 30.8 Å². The molecule has 1 aromatic rings. The van der Waals surface area contributed by atoms with Crippen LogP contribution in [0.4, 0.5) is 0 Å². The van der Waals surface area contributed by atoms with E-state index in [4.69, 9.17) is 9.47 Å². The Morgan fingerprint density at radius 3 is 2.95 bits per heavy atom.